The highest BCUT2D eigenvalue weighted by Crippen LogP contribution is 2.29. The summed E-state index contributed by atoms with van der Waals surface area (Å²) in [7, 11) is 0. The number of aromatic amines is 3. The number of rotatable bonds is 5. The van der Waals surface area contributed by atoms with Crippen LogP contribution in [0, 0.1) is 6.92 Å². The van der Waals surface area contributed by atoms with E-state index in [9.17, 15) is 9.90 Å². The van der Waals surface area contributed by atoms with Crippen LogP contribution < -0.4 is 10.9 Å². The summed E-state index contributed by atoms with van der Waals surface area (Å²) in [6, 6.07) is 10.7. The third-order valence-electron chi connectivity index (χ3n) is 5.37. The molecule has 0 radical (unpaired) electrons. The number of nitrogens with zero attached hydrogens (tertiary/aromatic N) is 2. The molecule has 31 heavy (non-hydrogen) atoms. The Bertz CT molecular complexity index is 1470. The highest BCUT2D eigenvalue weighted by Gasteiger charge is 2.17. The number of aliphatic hydroxyl groups excluding tert-OH is 1. The highest BCUT2D eigenvalue weighted by atomic mass is 35.5. The minimum atomic E-state index is -0.794. The van der Waals surface area contributed by atoms with Crippen molar-refractivity contribution in [3.63, 3.8) is 0 Å². The molecule has 5 N–H and O–H groups in total. The number of hydrogen-bond donors (Lipinski definition) is 5. The van der Waals surface area contributed by atoms with E-state index in [1.54, 1.807) is 42.7 Å². The average Bonchev–Trinajstić information content (AvgIpc) is 3.39. The number of pyridine rings is 1. The number of fused-ring (bicyclic) bond motifs is 2. The summed E-state index contributed by atoms with van der Waals surface area (Å²) in [5, 5.41) is 22.3. The molecule has 0 bridgehead atoms. The van der Waals surface area contributed by atoms with Crippen LogP contribution in [0.5, 0.6) is 0 Å². The summed E-state index contributed by atoms with van der Waals surface area (Å²) in [5.74, 6) is 0.445. The van der Waals surface area contributed by atoms with E-state index in [4.69, 9.17) is 16.6 Å². The van der Waals surface area contributed by atoms with Gasteiger partial charge in [0, 0.05) is 23.2 Å². The standard InChI is InChI=1S/C22H19ClN6O2/c1-11-14-9-26-29-16(14)8-17-20(11)28-21(27-17)19-15(5-6-24-22(19)31)25-10-18(30)12-3-2-4-13(23)7-12/h2-9,18,30H,10H2,1H3,(H,26,29)(H,27,28)(H2,24,25,31)/t18-/m0/s1. The van der Waals surface area contributed by atoms with Gasteiger partial charge >= 0.3 is 0 Å². The molecule has 0 aliphatic heterocycles. The predicted octanol–water partition coefficient (Wildman–Crippen LogP) is 3.90. The van der Waals surface area contributed by atoms with Crippen LogP contribution in [0.3, 0.4) is 0 Å². The van der Waals surface area contributed by atoms with Gasteiger partial charge in [-0.15, -0.1) is 0 Å². The van der Waals surface area contributed by atoms with Crippen molar-refractivity contribution in [2.75, 3.05) is 11.9 Å². The maximum absolute atomic E-state index is 12.7. The Hall–Kier alpha value is -3.62. The Balaban J connectivity index is 1.51. The smallest absolute Gasteiger partial charge is 0.261 e. The molecule has 0 saturated carbocycles. The summed E-state index contributed by atoms with van der Waals surface area (Å²) in [6.45, 7) is 2.17. The van der Waals surface area contributed by atoms with Gasteiger partial charge in [0.15, 0.2) is 0 Å². The van der Waals surface area contributed by atoms with Gasteiger partial charge in [-0.2, -0.15) is 5.10 Å². The summed E-state index contributed by atoms with van der Waals surface area (Å²) in [6.07, 6.45) is 2.53. The van der Waals surface area contributed by atoms with Gasteiger partial charge in [-0.05, 0) is 42.3 Å². The van der Waals surface area contributed by atoms with Crippen molar-refractivity contribution in [1.82, 2.24) is 25.1 Å². The highest BCUT2D eigenvalue weighted by molar-refractivity contribution is 6.30. The molecular formula is C22H19ClN6O2. The summed E-state index contributed by atoms with van der Waals surface area (Å²) >= 11 is 6.02. The van der Waals surface area contributed by atoms with Gasteiger partial charge in [0.25, 0.3) is 5.56 Å². The Morgan fingerprint density at radius 2 is 2.10 bits per heavy atom. The molecule has 0 aliphatic carbocycles. The first-order valence-electron chi connectivity index (χ1n) is 9.73. The first-order valence-corrected chi connectivity index (χ1v) is 10.1. The van der Waals surface area contributed by atoms with Crippen molar-refractivity contribution >= 4 is 39.2 Å². The lowest BCUT2D eigenvalue weighted by atomic mass is 10.1. The molecule has 5 rings (SSSR count). The lowest BCUT2D eigenvalue weighted by molar-refractivity contribution is 0.191. The molecule has 0 fully saturated rings. The second-order valence-corrected chi connectivity index (χ2v) is 7.80. The number of hydrogen-bond acceptors (Lipinski definition) is 5. The number of aryl methyl sites for hydroxylation is 1. The van der Waals surface area contributed by atoms with Gasteiger partial charge in [0.2, 0.25) is 0 Å². The van der Waals surface area contributed by atoms with Gasteiger partial charge in [0.05, 0.1) is 34.5 Å². The Labute approximate surface area is 181 Å². The van der Waals surface area contributed by atoms with E-state index in [1.807, 2.05) is 13.0 Å². The number of halogens is 1. The Kier molecular flexibility index (Phi) is 4.72. The van der Waals surface area contributed by atoms with Gasteiger partial charge in [-0.1, -0.05) is 23.7 Å². The number of aliphatic hydroxyl groups is 1. The van der Waals surface area contributed by atoms with Crippen molar-refractivity contribution in [1.29, 1.82) is 0 Å². The molecule has 5 aromatic rings. The molecule has 8 nitrogen and oxygen atoms in total. The predicted molar refractivity (Wildman–Crippen MR) is 121 cm³/mol. The fourth-order valence-corrected chi connectivity index (χ4v) is 3.97. The van der Waals surface area contributed by atoms with Crippen LogP contribution in [0.1, 0.15) is 17.2 Å². The number of anilines is 1. The number of imidazole rings is 1. The molecule has 0 saturated heterocycles. The largest absolute Gasteiger partial charge is 0.387 e. The maximum atomic E-state index is 12.7. The molecular weight excluding hydrogens is 416 g/mol. The van der Waals surface area contributed by atoms with Crippen LogP contribution in [0.15, 0.2) is 53.6 Å². The van der Waals surface area contributed by atoms with Crippen LogP contribution in [0.2, 0.25) is 5.02 Å². The molecule has 0 amide bonds. The van der Waals surface area contributed by atoms with Crippen LogP contribution in [0.4, 0.5) is 5.69 Å². The Morgan fingerprint density at radius 1 is 1.23 bits per heavy atom. The van der Waals surface area contributed by atoms with Crippen molar-refractivity contribution in [2.45, 2.75) is 13.0 Å². The van der Waals surface area contributed by atoms with Crippen LogP contribution >= 0.6 is 11.6 Å². The summed E-state index contributed by atoms with van der Waals surface area (Å²) in [4.78, 5) is 23.3. The third-order valence-corrected chi connectivity index (χ3v) is 5.60. The molecule has 9 heteroatoms. The number of benzene rings is 2. The van der Waals surface area contributed by atoms with E-state index in [0.717, 1.165) is 27.5 Å². The van der Waals surface area contributed by atoms with Gasteiger partial charge in [0.1, 0.15) is 11.4 Å². The van der Waals surface area contributed by atoms with E-state index >= 15 is 0 Å². The summed E-state index contributed by atoms with van der Waals surface area (Å²) < 4.78 is 0. The lowest BCUT2D eigenvalue weighted by Gasteiger charge is -2.15. The minimum absolute atomic E-state index is 0.199. The molecule has 0 unspecified atom stereocenters. The zero-order valence-electron chi connectivity index (χ0n) is 16.5. The van der Waals surface area contributed by atoms with E-state index in [0.29, 0.717) is 27.7 Å². The number of H-pyrrole nitrogens is 3. The van der Waals surface area contributed by atoms with Gasteiger partial charge < -0.3 is 20.4 Å². The minimum Gasteiger partial charge on any atom is -0.387 e. The fourth-order valence-electron chi connectivity index (χ4n) is 3.77. The topological polar surface area (TPSA) is 122 Å². The molecule has 3 aromatic heterocycles. The second kappa shape index (κ2) is 7.57. The van der Waals surface area contributed by atoms with E-state index in [1.165, 1.54) is 0 Å². The SMILES string of the molecule is Cc1c2cn[nH]c2cc2[nH]c(-c3c(NC[C@H](O)c4cccc(Cl)c4)cc[nH]c3=O)nc12. The Morgan fingerprint density at radius 3 is 2.94 bits per heavy atom. The maximum Gasteiger partial charge on any atom is 0.261 e. The van der Waals surface area contributed by atoms with Crippen LogP contribution in [-0.4, -0.2) is 36.8 Å². The van der Waals surface area contributed by atoms with Crippen molar-refractivity contribution in [2.24, 2.45) is 0 Å². The van der Waals surface area contributed by atoms with Crippen LogP contribution in [-0.2, 0) is 0 Å². The molecule has 2 aromatic carbocycles. The fraction of sp³-hybridized carbons (Fsp3) is 0.136. The van der Waals surface area contributed by atoms with Crippen LogP contribution in [0.25, 0.3) is 33.3 Å². The van der Waals surface area contributed by atoms with E-state index in [-0.39, 0.29) is 12.1 Å². The number of aromatic nitrogens is 5. The molecule has 3 heterocycles. The van der Waals surface area contributed by atoms with Crippen molar-refractivity contribution in [3.05, 3.63) is 75.3 Å². The number of nitrogens with one attached hydrogen (secondary N) is 4. The van der Waals surface area contributed by atoms with E-state index in [2.05, 4.69) is 25.5 Å². The summed E-state index contributed by atoms with van der Waals surface area (Å²) in [5.41, 5.74) is 4.79. The zero-order valence-corrected chi connectivity index (χ0v) is 17.3. The first kappa shape index (κ1) is 19.3. The monoisotopic (exact) mass is 434 g/mol. The molecule has 0 spiro atoms. The first-order chi connectivity index (χ1) is 15.0. The average molecular weight is 435 g/mol. The van der Waals surface area contributed by atoms with E-state index < -0.39 is 6.10 Å². The third kappa shape index (κ3) is 3.45. The molecule has 0 aliphatic rings. The zero-order chi connectivity index (χ0) is 21.5. The normalized spacial score (nSPS) is 12.5. The lowest BCUT2D eigenvalue weighted by Crippen LogP contribution is -2.17. The van der Waals surface area contributed by atoms with Gasteiger partial charge in [-0.3, -0.25) is 9.89 Å². The van der Waals surface area contributed by atoms with Crippen molar-refractivity contribution in [3.8, 4) is 11.4 Å². The quantitative estimate of drug-likeness (QED) is 0.287. The molecule has 1 atom stereocenters. The van der Waals surface area contributed by atoms with Gasteiger partial charge in [-0.25, -0.2) is 4.98 Å². The van der Waals surface area contributed by atoms with Crippen molar-refractivity contribution < 1.29 is 5.11 Å². The second-order valence-electron chi connectivity index (χ2n) is 7.36. The molecule has 156 valence electrons.